The molecule has 0 bridgehead atoms. The van der Waals surface area contributed by atoms with Crippen LogP contribution in [0.2, 0.25) is 0 Å². The molecule has 1 N–H and O–H groups in total. The summed E-state index contributed by atoms with van der Waals surface area (Å²) < 4.78 is 2.01. The minimum absolute atomic E-state index is 0.0431. The summed E-state index contributed by atoms with van der Waals surface area (Å²) >= 11 is 1.56. The number of rotatable bonds is 6. The molecule has 120 valence electrons. The van der Waals surface area contributed by atoms with Gasteiger partial charge in [0.05, 0.1) is 12.1 Å². The first-order valence-electron chi connectivity index (χ1n) is 7.56. The second-order valence-electron chi connectivity index (χ2n) is 5.70. The molecule has 0 spiro atoms. The molecule has 0 radical (unpaired) electrons. The van der Waals surface area contributed by atoms with Gasteiger partial charge in [-0.2, -0.15) is 0 Å². The first-order valence-corrected chi connectivity index (χ1v) is 8.44. The molecular weight excluding hydrogens is 308 g/mol. The number of likely N-dealkylation sites (N-methyl/N-ethyl adjacent to an activating group) is 1. The van der Waals surface area contributed by atoms with Gasteiger partial charge in [0.2, 0.25) is 5.91 Å². The van der Waals surface area contributed by atoms with Crippen molar-refractivity contribution in [3.05, 3.63) is 47.6 Å². The fourth-order valence-electron chi connectivity index (χ4n) is 2.35. The first kappa shape index (κ1) is 15.7. The van der Waals surface area contributed by atoms with Crippen molar-refractivity contribution >= 4 is 22.2 Å². The Kier molecular flexibility index (Phi) is 4.73. The zero-order valence-corrected chi connectivity index (χ0v) is 14.1. The van der Waals surface area contributed by atoms with Gasteiger partial charge in [-0.3, -0.25) is 9.20 Å². The van der Waals surface area contributed by atoms with Gasteiger partial charge in [0.15, 0.2) is 4.96 Å². The number of amides is 1. The Hall–Kier alpha value is -2.18. The van der Waals surface area contributed by atoms with Crippen LogP contribution in [0.5, 0.6) is 0 Å². The monoisotopic (exact) mass is 328 g/mol. The van der Waals surface area contributed by atoms with Crippen molar-refractivity contribution in [1.82, 2.24) is 19.6 Å². The maximum atomic E-state index is 12.1. The van der Waals surface area contributed by atoms with E-state index in [1.54, 1.807) is 11.3 Å². The third kappa shape index (κ3) is 3.78. The number of carbonyl (C=O) groups is 1. The van der Waals surface area contributed by atoms with Crippen LogP contribution in [-0.2, 0) is 11.2 Å². The molecule has 0 aliphatic rings. The van der Waals surface area contributed by atoms with Crippen LogP contribution >= 0.6 is 11.3 Å². The highest BCUT2D eigenvalue weighted by Gasteiger charge is 2.12. The number of hydrogen-bond acceptors (Lipinski definition) is 4. The molecule has 0 fully saturated rings. The SMILES string of the molecule is CN(C)CCNC(=O)Cc1csc2nc(-c3ccccc3)cn12. The Morgan fingerprint density at radius 3 is 2.83 bits per heavy atom. The lowest BCUT2D eigenvalue weighted by atomic mass is 10.2. The molecule has 3 aromatic rings. The largest absolute Gasteiger partial charge is 0.354 e. The maximum absolute atomic E-state index is 12.1. The van der Waals surface area contributed by atoms with Gasteiger partial charge in [0, 0.05) is 35.9 Å². The number of benzene rings is 1. The zero-order valence-electron chi connectivity index (χ0n) is 13.3. The number of imidazole rings is 1. The number of carbonyl (C=O) groups excluding carboxylic acids is 1. The van der Waals surface area contributed by atoms with Gasteiger partial charge in [-0.05, 0) is 14.1 Å². The van der Waals surface area contributed by atoms with Crippen LogP contribution in [0.4, 0.5) is 0 Å². The Bertz CT molecular complexity index is 791. The van der Waals surface area contributed by atoms with E-state index < -0.39 is 0 Å². The van der Waals surface area contributed by atoms with Gasteiger partial charge < -0.3 is 10.2 Å². The van der Waals surface area contributed by atoms with Gasteiger partial charge in [-0.1, -0.05) is 30.3 Å². The van der Waals surface area contributed by atoms with Crippen LogP contribution in [0, 0.1) is 0 Å². The second kappa shape index (κ2) is 6.93. The normalized spacial score (nSPS) is 11.3. The molecule has 0 unspecified atom stereocenters. The molecule has 2 heterocycles. The van der Waals surface area contributed by atoms with Gasteiger partial charge in [0.1, 0.15) is 0 Å². The Labute approximate surface area is 139 Å². The van der Waals surface area contributed by atoms with Crippen LogP contribution in [0.15, 0.2) is 41.9 Å². The van der Waals surface area contributed by atoms with E-state index >= 15 is 0 Å². The van der Waals surface area contributed by atoms with Crippen molar-refractivity contribution in [2.45, 2.75) is 6.42 Å². The molecular formula is C17H20N4OS. The van der Waals surface area contributed by atoms with E-state index in [-0.39, 0.29) is 5.91 Å². The highest BCUT2D eigenvalue weighted by Crippen LogP contribution is 2.23. The number of thiazole rings is 1. The lowest BCUT2D eigenvalue weighted by Crippen LogP contribution is -2.32. The number of hydrogen-bond donors (Lipinski definition) is 1. The van der Waals surface area contributed by atoms with Crippen molar-refractivity contribution < 1.29 is 4.79 Å². The molecule has 2 aromatic heterocycles. The molecule has 5 nitrogen and oxygen atoms in total. The van der Waals surface area contributed by atoms with Gasteiger partial charge in [0.25, 0.3) is 0 Å². The molecule has 0 aliphatic heterocycles. The second-order valence-corrected chi connectivity index (χ2v) is 6.54. The van der Waals surface area contributed by atoms with Crippen molar-refractivity contribution in [1.29, 1.82) is 0 Å². The molecule has 0 saturated heterocycles. The summed E-state index contributed by atoms with van der Waals surface area (Å²) in [6, 6.07) is 10.1. The molecule has 3 rings (SSSR count). The first-order chi connectivity index (χ1) is 11.1. The molecule has 0 aliphatic carbocycles. The van der Waals surface area contributed by atoms with Crippen molar-refractivity contribution in [3.8, 4) is 11.3 Å². The third-order valence-electron chi connectivity index (χ3n) is 3.58. The van der Waals surface area contributed by atoms with Crippen molar-refractivity contribution in [2.75, 3.05) is 27.2 Å². The highest BCUT2D eigenvalue weighted by atomic mass is 32.1. The summed E-state index contributed by atoms with van der Waals surface area (Å²) in [5.41, 5.74) is 3.00. The van der Waals surface area contributed by atoms with Crippen LogP contribution in [0.1, 0.15) is 5.69 Å². The molecule has 1 amide bonds. The van der Waals surface area contributed by atoms with Crippen molar-refractivity contribution in [3.63, 3.8) is 0 Å². The topological polar surface area (TPSA) is 49.6 Å². The number of aromatic nitrogens is 2. The Balaban J connectivity index is 1.72. The lowest BCUT2D eigenvalue weighted by Gasteiger charge is -2.10. The Morgan fingerprint density at radius 2 is 2.09 bits per heavy atom. The predicted molar refractivity (Wildman–Crippen MR) is 93.8 cm³/mol. The smallest absolute Gasteiger partial charge is 0.226 e. The standard InChI is InChI=1S/C17H20N4OS/c1-20(2)9-8-18-16(22)10-14-12-23-17-19-15(11-21(14)17)13-6-4-3-5-7-13/h3-7,11-12H,8-10H2,1-2H3,(H,18,22). The average Bonchev–Trinajstić information content (AvgIpc) is 3.10. The maximum Gasteiger partial charge on any atom is 0.226 e. The zero-order chi connectivity index (χ0) is 16.2. The van der Waals surface area contributed by atoms with Crippen LogP contribution in [-0.4, -0.2) is 47.4 Å². The molecule has 0 atom stereocenters. The van der Waals surface area contributed by atoms with Crippen LogP contribution in [0.25, 0.3) is 16.2 Å². The van der Waals surface area contributed by atoms with Crippen molar-refractivity contribution in [2.24, 2.45) is 0 Å². The van der Waals surface area contributed by atoms with Gasteiger partial charge in [-0.15, -0.1) is 11.3 Å². The van der Waals surface area contributed by atoms with E-state index in [0.717, 1.165) is 28.5 Å². The minimum Gasteiger partial charge on any atom is -0.354 e. The lowest BCUT2D eigenvalue weighted by molar-refractivity contribution is -0.120. The highest BCUT2D eigenvalue weighted by molar-refractivity contribution is 7.15. The quantitative estimate of drug-likeness (QED) is 0.755. The van der Waals surface area contributed by atoms with E-state index in [0.29, 0.717) is 13.0 Å². The average molecular weight is 328 g/mol. The summed E-state index contributed by atoms with van der Waals surface area (Å²) in [5.74, 6) is 0.0431. The molecule has 6 heteroatoms. The molecule has 23 heavy (non-hydrogen) atoms. The summed E-state index contributed by atoms with van der Waals surface area (Å²) in [6.45, 7) is 1.51. The molecule has 0 saturated carbocycles. The summed E-state index contributed by atoms with van der Waals surface area (Å²) in [7, 11) is 3.98. The molecule has 1 aromatic carbocycles. The summed E-state index contributed by atoms with van der Waals surface area (Å²) in [5, 5.41) is 4.95. The fourth-order valence-corrected chi connectivity index (χ4v) is 3.22. The van der Waals surface area contributed by atoms with E-state index in [1.165, 1.54) is 0 Å². The van der Waals surface area contributed by atoms with Gasteiger partial charge in [-0.25, -0.2) is 4.98 Å². The number of nitrogens with zero attached hydrogens (tertiary/aromatic N) is 3. The van der Waals surface area contributed by atoms with E-state index in [1.807, 2.05) is 65.3 Å². The van der Waals surface area contributed by atoms with E-state index in [2.05, 4.69) is 10.3 Å². The fraction of sp³-hybridized carbons (Fsp3) is 0.294. The number of fused-ring (bicyclic) bond motifs is 1. The summed E-state index contributed by atoms with van der Waals surface area (Å²) in [6.07, 6.45) is 2.38. The van der Waals surface area contributed by atoms with E-state index in [9.17, 15) is 4.79 Å². The third-order valence-corrected chi connectivity index (χ3v) is 4.46. The van der Waals surface area contributed by atoms with Gasteiger partial charge >= 0.3 is 0 Å². The predicted octanol–water partition coefficient (Wildman–Crippen LogP) is 2.28. The van der Waals surface area contributed by atoms with Crippen LogP contribution in [0.3, 0.4) is 0 Å². The Morgan fingerprint density at radius 1 is 1.30 bits per heavy atom. The van der Waals surface area contributed by atoms with Crippen LogP contribution < -0.4 is 5.32 Å². The number of nitrogens with one attached hydrogen (secondary N) is 1. The summed E-state index contributed by atoms with van der Waals surface area (Å²) in [4.78, 5) is 19.7. The van der Waals surface area contributed by atoms with E-state index in [4.69, 9.17) is 0 Å². The minimum atomic E-state index is 0.0431.